The molecule has 0 aromatic heterocycles. The molecule has 0 aliphatic carbocycles. The normalized spacial score (nSPS) is 20.9. The number of guanidine groups is 1. The summed E-state index contributed by atoms with van der Waals surface area (Å²) in [6, 6.07) is 0.715. The van der Waals surface area contributed by atoms with Gasteiger partial charge in [-0.15, -0.1) is 0 Å². The van der Waals surface area contributed by atoms with E-state index in [4.69, 9.17) is 4.74 Å². The van der Waals surface area contributed by atoms with Gasteiger partial charge in [-0.25, -0.2) is 0 Å². The molecule has 1 atom stereocenters. The first-order valence-electron chi connectivity index (χ1n) is 8.11. The topological polar surface area (TPSA) is 48.9 Å². The molecule has 1 saturated heterocycles. The van der Waals surface area contributed by atoms with Crippen LogP contribution in [-0.2, 0) is 4.74 Å². The van der Waals surface area contributed by atoms with E-state index in [0.29, 0.717) is 6.04 Å². The van der Waals surface area contributed by atoms with Gasteiger partial charge in [-0.3, -0.25) is 9.89 Å². The summed E-state index contributed by atoms with van der Waals surface area (Å²) in [7, 11) is 0. The van der Waals surface area contributed by atoms with E-state index in [9.17, 15) is 0 Å². The summed E-state index contributed by atoms with van der Waals surface area (Å²) in [6.45, 7) is 12.8. The summed E-state index contributed by atoms with van der Waals surface area (Å²) in [6.07, 6.45) is 4.04. The number of aliphatic imine (C=N–C) groups is 1. The highest BCUT2D eigenvalue weighted by molar-refractivity contribution is 5.79. The molecular weight excluding hydrogens is 252 g/mol. The Balaban J connectivity index is 2.26. The summed E-state index contributed by atoms with van der Waals surface area (Å²) < 4.78 is 5.32. The van der Waals surface area contributed by atoms with Crippen LogP contribution in [0.3, 0.4) is 0 Å². The van der Waals surface area contributed by atoms with Crippen LogP contribution >= 0.6 is 0 Å². The summed E-state index contributed by atoms with van der Waals surface area (Å²) in [4.78, 5) is 7.19. The smallest absolute Gasteiger partial charge is 0.191 e. The quantitative estimate of drug-likeness (QED) is 0.402. The maximum Gasteiger partial charge on any atom is 0.191 e. The van der Waals surface area contributed by atoms with Crippen LogP contribution in [-0.4, -0.2) is 62.8 Å². The van der Waals surface area contributed by atoms with Crippen LogP contribution in [0.4, 0.5) is 0 Å². The Morgan fingerprint density at radius 2 is 2.15 bits per heavy atom. The second kappa shape index (κ2) is 10.9. The standard InChI is InChI=1S/C15H32N4O/c1-4-16-15(18-10-13-20-5-2)17-9-12-19-11-7-6-8-14(19)3/h14H,4-13H2,1-3H3,(H2,16,17,18). The van der Waals surface area contributed by atoms with Gasteiger partial charge < -0.3 is 15.4 Å². The van der Waals surface area contributed by atoms with E-state index in [-0.39, 0.29) is 0 Å². The van der Waals surface area contributed by atoms with Gasteiger partial charge in [0.25, 0.3) is 0 Å². The van der Waals surface area contributed by atoms with Gasteiger partial charge >= 0.3 is 0 Å². The number of rotatable bonds is 8. The van der Waals surface area contributed by atoms with Crippen molar-refractivity contribution < 1.29 is 4.74 Å². The Bertz CT molecular complexity index is 271. The molecule has 5 heteroatoms. The van der Waals surface area contributed by atoms with Crippen LogP contribution in [0.2, 0.25) is 0 Å². The molecule has 5 nitrogen and oxygen atoms in total. The third-order valence-electron chi connectivity index (χ3n) is 3.68. The maximum absolute atomic E-state index is 5.32. The summed E-state index contributed by atoms with van der Waals surface area (Å²) >= 11 is 0. The molecule has 1 rings (SSSR count). The van der Waals surface area contributed by atoms with E-state index in [1.54, 1.807) is 0 Å². The lowest BCUT2D eigenvalue weighted by molar-refractivity contribution is 0.152. The maximum atomic E-state index is 5.32. The predicted molar refractivity (Wildman–Crippen MR) is 85.4 cm³/mol. The molecule has 20 heavy (non-hydrogen) atoms. The lowest BCUT2D eigenvalue weighted by atomic mass is 10.0. The molecular formula is C15H32N4O. The third kappa shape index (κ3) is 7.10. The molecule has 0 bridgehead atoms. The first-order chi connectivity index (χ1) is 9.77. The summed E-state index contributed by atoms with van der Waals surface area (Å²) in [5.41, 5.74) is 0. The number of nitrogens with one attached hydrogen (secondary N) is 2. The molecule has 0 amide bonds. The average Bonchev–Trinajstić information content (AvgIpc) is 2.45. The van der Waals surface area contributed by atoms with Crippen molar-refractivity contribution in [3.63, 3.8) is 0 Å². The summed E-state index contributed by atoms with van der Waals surface area (Å²) in [5.74, 6) is 0.900. The molecule has 0 aromatic carbocycles. The van der Waals surface area contributed by atoms with Crippen LogP contribution in [0.25, 0.3) is 0 Å². The summed E-state index contributed by atoms with van der Waals surface area (Å²) in [5, 5.41) is 6.57. The molecule has 1 aliphatic rings. The molecule has 1 aliphatic heterocycles. The highest BCUT2D eigenvalue weighted by atomic mass is 16.5. The van der Waals surface area contributed by atoms with Crippen LogP contribution in [0.15, 0.2) is 4.99 Å². The SMILES string of the molecule is CCNC(=NCCN1CCCCC1C)NCCOCC. The van der Waals surface area contributed by atoms with Gasteiger partial charge in [0.2, 0.25) is 0 Å². The van der Waals surface area contributed by atoms with Gasteiger partial charge in [0.1, 0.15) is 0 Å². The number of hydrogen-bond acceptors (Lipinski definition) is 3. The third-order valence-corrected chi connectivity index (χ3v) is 3.68. The second-order valence-corrected chi connectivity index (χ2v) is 5.27. The van der Waals surface area contributed by atoms with Gasteiger partial charge in [0.05, 0.1) is 13.2 Å². The number of hydrogen-bond donors (Lipinski definition) is 2. The fraction of sp³-hybridized carbons (Fsp3) is 0.933. The zero-order chi connectivity index (χ0) is 14.6. The Labute approximate surface area is 124 Å². The number of nitrogens with zero attached hydrogens (tertiary/aromatic N) is 2. The fourth-order valence-corrected chi connectivity index (χ4v) is 2.51. The Hall–Kier alpha value is -0.810. The Morgan fingerprint density at radius 1 is 1.30 bits per heavy atom. The minimum atomic E-state index is 0.715. The molecule has 0 aromatic rings. The molecule has 0 radical (unpaired) electrons. The molecule has 1 fully saturated rings. The van der Waals surface area contributed by atoms with E-state index in [0.717, 1.165) is 45.4 Å². The van der Waals surface area contributed by atoms with Crippen molar-refractivity contribution in [2.45, 2.75) is 46.1 Å². The molecule has 2 N–H and O–H groups in total. The molecule has 1 heterocycles. The van der Waals surface area contributed by atoms with Crippen molar-refractivity contribution in [2.75, 3.05) is 45.9 Å². The Morgan fingerprint density at radius 3 is 2.85 bits per heavy atom. The zero-order valence-corrected chi connectivity index (χ0v) is 13.5. The minimum Gasteiger partial charge on any atom is -0.380 e. The lowest BCUT2D eigenvalue weighted by Crippen LogP contribution is -2.41. The lowest BCUT2D eigenvalue weighted by Gasteiger charge is -2.32. The first kappa shape index (κ1) is 17.2. The largest absolute Gasteiger partial charge is 0.380 e. The van der Waals surface area contributed by atoms with Crippen LogP contribution < -0.4 is 10.6 Å². The van der Waals surface area contributed by atoms with Crippen LogP contribution in [0, 0.1) is 0 Å². The van der Waals surface area contributed by atoms with Gasteiger partial charge in [0, 0.05) is 32.3 Å². The van der Waals surface area contributed by atoms with Gasteiger partial charge in [0.15, 0.2) is 5.96 Å². The first-order valence-corrected chi connectivity index (χ1v) is 8.11. The average molecular weight is 284 g/mol. The monoisotopic (exact) mass is 284 g/mol. The van der Waals surface area contributed by atoms with Gasteiger partial charge in [-0.05, 0) is 40.2 Å². The highest BCUT2D eigenvalue weighted by Crippen LogP contribution is 2.15. The van der Waals surface area contributed by atoms with Crippen molar-refractivity contribution in [2.24, 2.45) is 4.99 Å². The van der Waals surface area contributed by atoms with E-state index >= 15 is 0 Å². The fourth-order valence-electron chi connectivity index (χ4n) is 2.51. The highest BCUT2D eigenvalue weighted by Gasteiger charge is 2.17. The van der Waals surface area contributed by atoms with Crippen molar-refractivity contribution in [3.05, 3.63) is 0 Å². The van der Waals surface area contributed by atoms with Crippen LogP contribution in [0.1, 0.15) is 40.0 Å². The van der Waals surface area contributed by atoms with E-state index < -0.39 is 0 Å². The molecule has 0 saturated carbocycles. The number of ether oxygens (including phenoxy) is 1. The molecule has 118 valence electrons. The van der Waals surface area contributed by atoms with Gasteiger partial charge in [-0.2, -0.15) is 0 Å². The van der Waals surface area contributed by atoms with Crippen molar-refractivity contribution in [3.8, 4) is 0 Å². The van der Waals surface area contributed by atoms with E-state index in [1.807, 2.05) is 6.92 Å². The number of piperidine rings is 1. The molecule has 0 spiro atoms. The van der Waals surface area contributed by atoms with E-state index in [2.05, 4.69) is 34.4 Å². The van der Waals surface area contributed by atoms with Crippen molar-refractivity contribution >= 4 is 5.96 Å². The number of likely N-dealkylation sites (tertiary alicyclic amines) is 1. The molecule has 1 unspecified atom stereocenters. The minimum absolute atomic E-state index is 0.715. The van der Waals surface area contributed by atoms with Crippen LogP contribution in [0.5, 0.6) is 0 Å². The Kier molecular flexibility index (Phi) is 9.41. The van der Waals surface area contributed by atoms with Crippen molar-refractivity contribution in [1.82, 2.24) is 15.5 Å². The van der Waals surface area contributed by atoms with E-state index in [1.165, 1.54) is 25.8 Å². The van der Waals surface area contributed by atoms with Crippen molar-refractivity contribution in [1.29, 1.82) is 0 Å². The predicted octanol–water partition coefficient (Wildman–Crippen LogP) is 1.45. The zero-order valence-electron chi connectivity index (χ0n) is 13.5. The second-order valence-electron chi connectivity index (χ2n) is 5.27. The van der Waals surface area contributed by atoms with Gasteiger partial charge in [-0.1, -0.05) is 6.42 Å².